The molecule has 0 radical (unpaired) electrons. The van der Waals surface area contributed by atoms with E-state index in [9.17, 15) is 0 Å². The summed E-state index contributed by atoms with van der Waals surface area (Å²) in [7, 11) is 1.88. The number of nitrogens with zero attached hydrogens (tertiary/aromatic N) is 3. The van der Waals surface area contributed by atoms with E-state index in [1.54, 1.807) is 6.20 Å². The van der Waals surface area contributed by atoms with Crippen molar-refractivity contribution in [2.75, 3.05) is 12.4 Å². The Morgan fingerprint density at radius 2 is 2.10 bits per heavy atom. The number of aromatic nitrogens is 3. The first-order valence-electron chi connectivity index (χ1n) is 6.38. The Balaban J connectivity index is 2.57. The molecule has 20 heavy (non-hydrogen) atoms. The van der Waals surface area contributed by atoms with Crippen LogP contribution in [0.2, 0.25) is 0 Å². The third-order valence-electron chi connectivity index (χ3n) is 2.73. The molecular formula is C14H16BrIN4. The minimum atomic E-state index is 0.545. The summed E-state index contributed by atoms with van der Waals surface area (Å²) in [6.07, 6.45) is 2.68. The second-order valence-corrected chi connectivity index (χ2v) is 6.77. The molecule has 2 aromatic rings. The van der Waals surface area contributed by atoms with Gasteiger partial charge in [0.1, 0.15) is 11.5 Å². The maximum Gasteiger partial charge on any atom is 0.181 e. The summed E-state index contributed by atoms with van der Waals surface area (Å²) in [5.74, 6) is 2.05. The third kappa shape index (κ3) is 3.46. The second-order valence-electron chi connectivity index (χ2n) is 4.84. The van der Waals surface area contributed by atoms with E-state index in [0.29, 0.717) is 11.7 Å². The first kappa shape index (κ1) is 15.6. The zero-order valence-corrected chi connectivity index (χ0v) is 15.4. The van der Waals surface area contributed by atoms with Gasteiger partial charge in [0.05, 0.1) is 9.26 Å². The molecule has 0 aliphatic heterocycles. The number of rotatable bonds is 4. The lowest BCUT2D eigenvalue weighted by molar-refractivity contribution is 0.632. The third-order valence-corrected chi connectivity index (χ3v) is 4.50. The maximum atomic E-state index is 4.70. The lowest BCUT2D eigenvalue weighted by atomic mass is 10.1. The van der Waals surface area contributed by atoms with Gasteiger partial charge in [-0.05, 0) is 63.0 Å². The number of halogens is 2. The quantitative estimate of drug-likeness (QED) is 0.717. The first-order valence-corrected chi connectivity index (χ1v) is 8.25. The van der Waals surface area contributed by atoms with E-state index in [1.165, 1.54) is 0 Å². The smallest absolute Gasteiger partial charge is 0.181 e. The Morgan fingerprint density at radius 3 is 2.70 bits per heavy atom. The van der Waals surface area contributed by atoms with Crippen LogP contribution in [0.4, 0.5) is 5.82 Å². The van der Waals surface area contributed by atoms with Gasteiger partial charge in [-0.3, -0.25) is 4.98 Å². The molecule has 0 aliphatic carbocycles. The van der Waals surface area contributed by atoms with E-state index in [1.807, 2.05) is 19.2 Å². The van der Waals surface area contributed by atoms with Crippen LogP contribution in [-0.4, -0.2) is 22.0 Å². The average Bonchev–Trinajstić information content (AvgIpc) is 2.41. The molecule has 0 saturated carbocycles. The molecule has 6 heteroatoms. The van der Waals surface area contributed by atoms with E-state index in [4.69, 9.17) is 4.98 Å². The fourth-order valence-corrected chi connectivity index (χ4v) is 3.00. The lowest BCUT2D eigenvalue weighted by Gasteiger charge is -2.13. The van der Waals surface area contributed by atoms with Crippen molar-refractivity contribution < 1.29 is 0 Å². The summed E-state index contributed by atoms with van der Waals surface area (Å²) in [6.45, 7) is 4.38. The molecule has 1 N–H and O–H groups in total. The van der Waals surface area contributed by atoms with Crippen LogP contribution in [0.15, 0.2) is 22.8 Å². The molecular weight excluding hydrogens is 431 g/mol. The summed E-state index contributed by atoms with van der Waals surface area (Å²) in [4.78, 5) is 13.6. The molecule has 2 aromatic heterocycles. The molecule has 0 atom stereocenters. The SMILES string of the molecule is CNc1nc(-c2ncccc2Br)nc(CC(C)C)c1I. The molecule has 2 rings (SSSR count). The zero-order chi connectivity index (χ0) is 14.7. The summed E-state index contributed by atoms with van der Waals surface area (Å²) >= 11 is 5.81. The Morgan fingerprint density at radius 1 is 1.35 bits per heavy atom. The topological polar surface area (TPSA) is 50.7 Å². The van der Waals surface area contributed by atoms with E-state index < -0.39 is 0 Å². The van der Waals surface area contributed by atoms with Gasteiger partial charge in [-0.1, -0.05) is 13.8 Å². The fourth-order valence-electron chi connectivity index (χ4n) is 1.84. The molecule has 0 aliphatic rings. The van der Waals surface area contributed by atoms with Crippen molar-refractivity contribution in [3.63, 3.8) is 0 Å². The van der Waals surface area contributed by atoms with E-state index in [2.05, 4.69) is 67.7 Å². The van der Waals surface area contributed by atoms with Gasteiger partial charge in [0, 0.05) is 17.7 Å². The van der Waals surface area contributed by atoms with Crippen LogP contribution in [0, 0.1) is 9.49 Å². The van der Waals surface area contributed by atoms with Crippen molar-refractivity contribution in [2.24, 2.45) is 5.92 Å². The molecule has 2 heterocycles. The minimum Gasteiger partial charge on any atom is -0.372 e. The normalized spacial score (nSPS) is 10.9. The largest absolute Gasteiger partial charge is 0.372 e. The molecule has 0 fully saturated rings. The van der Waals surface area contributed by atoms with Gasteiger partial charge in [0.2, 0.25) is 0 Å². The second kappa shape index (κ2) is 6.80. The Labute approximate surface area is 141 Å². The Hall–Kier alpha value is -0.760. The number of hydrogen-bond acceptors (Lipinski definition) is 4. The number of anilines is 1. The van der Waals surface area contributed by atoms with Crippen LogP contribution in [-0.2, 0) is 6.42 Å². The van der Waals surface area contributed by atoms with Gasteiger partial charge in [0.25, 0.3) is 0 Å². The molecule has 4 nitrogen and oxygen atoms in total. The van der Waals surface area contributed by atoms with Crippen LogP contribution in [0.1, 0.15) is 19.5 Å². The Kier molecular flexibility index (Phi) is 5.31. The molecule has 0 spiro atoms. The predicted octanol–water partition coefficient (Wildman–Crippen LogP) is 4.15. The molecule has 106 valence electrons. The summed E-state index contributed by atoms with van der Waals surface area (Å²) in [5, 5.41) is 3.14. The van der Waals surface area contributed by atoms with E-state index in [-0.39, 0.29) is 0 Å². The van der Waals surface area contributed by atoms with Crippen LogP contribution in [0.5, 0.6) is 0 Å². The van der Waals surface area contributed by atoms with Crippen LogP contribution in [0.25, 0.3) is 11.5 Å². The number of hydrogen-bond donors (Lipinski definition) is 1. The van der Waals surface area contributed by atoms with Crippen molar-refractivity contribution in [1.29, 1.82) is 0 Å². The van der Waals surface area contributed by atoms with Gasteiger partial charge in [-0.15, -0.1) is 0 Å². The fraction of sp³-hybridized carbons (Fsp3) is 0.357. The van der Waals surface area contributed by atoms with Crippen molar-refractivity contribution >= 4 is 44.3 Å². The van der Waals surface area contributed by atoms with Crippen LogP contribution in [0.3, 0.4) is 0 Å². The monoisotopic (exact) mass is 446 g/mol. The van der Waals surface area contributed by atoms with Gasteiger partial charge in [-0.25, -0.2) is 9.97 Å². The molecule has 0 saturated heterocycles. The minimum absolute atomic E-state index is 0.545. The summed E-state index contributed by atoms with van der Waals surface area (Å²) < 4.78 is 1.98. The summed E-state index contributed by atoms with van der Waals surface area (Å²) in [6, 6.07) is 3.83. The highest BCUT2D eigenvalue weighted by atomic mass is 127. The maximum absolute atomic E-state index is 4.70. The Bertz CT molecular complexity index is 616. The van der Waals surface area contributed by atoms with Gasteiger partial charge >= 0.3 is 0 Å². The highest BCUT2D eigenvalue weighted by Gasteiger charge is 2.15. The van der Waals surface area contributed by atoms with Crippen LogP contribution < -0.4 is 5.32 Å². The van der Waals surface area contributed by atoms with Crippen molar-refractivity contribution in [3.8, 4) is 11.5 Å². The van der Waals surface area contributed by atoms with Gasteiger partial charge in [0.15, 0.2) is 5.82 Å². The zero-order valence-electron chi connectivity index (χ0n) is 11.6. The number of nitrogens with one attached hydrogen (secondary N) is 1. The van der Waals surface area contributed by atoms with Crippen LogP contribution >= 0.6 is 38.5 Å². The van der Waals surface area contributed by atoms with Gasteiger partial charge < -0.3 is 5.32 Å². The van der Waals surface area contributed by atoms with Crippen molar-refractivity contribution in [2.45, 2.75) is 20.3 Å². The summed E-state index contributed by atoms with van der Waals surface area (Å²) in [5.41, 5.74) is 1.83. The molecule has 0 bridgehead atoms. The highest BCUT2D eigenvalue weighted by Crippen LogP contribution is 2.28. The highest BCUT2D eigenvalue weighted by molar-refractivity contribution is 14.1. The van der Waals surface area contributed by atoms with E-state index in [0.717, 1.165) is 31.7 Å². The lowest BCUT2D eigenvalue weighted by Crippen LogP contribution is -2.08. The van der Waals surface area contributed by atoms with Crippen molar-refractivity contribution in [3.05, 3.63) is 32.1 Å². The standard InChI is InChI=1S/C14H16BrIN4/c1-8(2)7-10-11(16)13(17-3)20-14(19-10)12-9(15)5-4-6-18-12/h4-6,8H,7H2,1-3H3,(H,17,19,20). The first-order chi connectivity index (χ1) is 9.52. The molecule has 0 unspecified atom stereocenters. The predicted molar refractivity (Wildman–Crippen MR) is 93.8 cm³/mol. The average molecular weight is 447 g/mol. The van der Waals surface area contributed by atoms with E-state index >= 15 is 0 Å². The van der Waals surface area contributed by atoms with Crippen molar-refractivity contribution in [1.82, 2.24) is 15.0 Å². The molecule has 0 amide bonds. The van der Waals surface area contributed by atoms with Gasteiger partial charge in [-0.2, -0.15) is 0 Å². The number of pyridine rings is 1. The molecule has 0 aromatic carbocycles.